The minimum Gasteiger partial charge on any atom is -0.497 e. The first-order valence-electron chi connectivity index (χ1n) is 7.24. The van der Waals surface area contributed by atoms with Crippen LogP contribution in [-0.2, 0) is 13.1 Å². The lowest BCUT2D eigenvalue weighted by Gasteiger charge is -2.22. The Kier molecular flexibility index (Phi) is 4.05. The number of ether oxygens (including phenoxy) is 1. The molecule has 0 N–H and O–H groups in total. The zero-order chi connectivity index (χ0) is 15.0. The quantitative estimate of drug-likeness (QED) is 0.788. The van der Waals surface area contributed by atoms with Crippen molar-refractivity contribution >= 4 is 15.9 Å². The smallest absolute Gasteiger partial charge is 0.118 e. The molecular formula is C18H20BrNO. The number of hydrogen-bond donors (Lipinski definition) is 0. The van der Waals surface area contributed by atoms with Crippen molar-refractivity contribution in [1.29, 1.82) is 0 Å². The highest BCUT2D eigenvalue weighted by Gasteiger charge is 2.28. The van der Waals surface area contributed by atoms with E-state index in [1.807, 2.05) is 12.1 Å². The second-order valence-electron chi connectivity index (χ2n) is 5.72. The minimum absolute atomic E-state index is 0.468. The Labute approximate surface area is 134 Å². The molecule has 1 aliphatic rings. The van der Waals surface area contributed by atoms with E-state index >= 15 is 0 Å². The number of nitrogens with zero attached hydrogens (tertiary/aromatic N) is 1. The van der Waals surface area contributed by atoms with Gasteiger partial charge >= 0.3 is 0 Å². The van der Waals surface area contributed by atoms with Crippen molar-refractivity contribution in [2.24, 2.45) is 0 Å². The van der Waals surface area contributed by atoms with Crippen molar-refractivity contribution in [3.05, 3.63) is 63.1 Å². The summed E-state index contributed by atoms with van der Waals surface area (Å²) < 4.78 is 6.40. The van der Waals surface area contributed by atoms with Gasteiger partial charge in [-0.3, -0.25) is 4.90 Å². The molecule has 21 heavy (non-hydrogen) atoms. The van der Waals surface area contributed by atoms with E-state index in [-0.39, 0.29) is 0 Å². The van der Waals surface area contributed by atoms with Gasteiger partial charge in [-0.15, -0.1) is 0 Å². The second-order valence-corrected chi connectivity index (χ2v) is 6.64. The van der Waals surface area contributed by atoms with Crippen LogP contribution in [0.5, 0.6) is 5.75 Å². The molecule has 3 rings (SSSR count). The average molecular weight is 346 g/mol. The maximum atomic E-state index is 5.22. The summed E-state index contributed by atoms with van der Waals surface area (Å²) in [6.45, 7) is 6.49. The number of benzene rings is 2. The van der Waals surface area contributed by atoms with Crippen LogP contribution in [0.25, 0.3) is 0 Å². The molecule has 0 aromatic heterocycles. The van der Waals surface area contributed by atoms with Crippen LogP contribution in [0.2, 0.25) is 0 Å². The lowest BCUT2D eigenvalue weighted by Crippen LogP contribution is -2.19. The molecule has 1 heterocycles. The fourth-order valence-electron chi connectivity index (χ4n) is 3.25. The molecule has 3 heteroatoms. The lowest BCUT2D eigenvalue weighted by molar-refractivity contribution is 0.220. The van der Waals surface area contributed by atoms with Crippen molar-refractivity contribution in [3.63, 3.8) is 0 Å². The molecule has 0 aliphatic carbocycles. The van der Waals surface area contributed by atoms with Crippen molar-refractivity contribution < 1.29 is 4.74 Å². The number of fused-ring (bicyclic) bond motifs is 1. The Bertz CT molecular complexity index is 651. The van der Waals surface area contributed by atoms with Gasteiger partial charge in [-0.25, -0.2) is 0 Å². The summed E-state index contributed by atoms with van der Waals surface area (Å²) in [4.78, 5) is 2.52. The van der Waals surface area contributed by atoms with Crippen LogP contribution in [-0.4, -0.2) is 12.0 Å². The molecule has 0 fully saturated rings. The monoisotopic (exact) mass is 345 g/mol. The van der Waals surface area contributed by atoms with Gasteiger partial charge in [-0.1, -0.05) is 28.1 Å². The van der Waals surface area contributed by atoms with Gasteiger partial charge in [0, 0.05) is 23.6 Å². The van der Waals surface area contributed by atoms with Crippen molar-refractivity contribution in [3.8, 4) is 5.75 Å². The first-order chi connectivity index (χ1) is 10.1. The van der Waals surface area contributed by atoms with Gasteiger partial charge in [0.15, 0.2) is 0 Å². The van der Waals surface area contributed by atoms with E-state index < -0.39 is 0 Å². The van der Waals surface area contributed by atoms with Gasteiger partial charge in [0.1, 0.15) is 5.75 Å². The molecule has 2 aromatic carbocycles. The van der Waals surface area contributed by atoms with Crippen molar-refractivity contribution in [1.82, 2.24) is 4.90 Å². The third-order valence-electron chi connectivity index (χ3n) is 4.32. The Morgan fingerprint density at radius 3 is 2.62 bits per heavy atom. The largest absolute Gasteiger partial charge is 0.497 e. The van der Waals surface area contributed by atoms with Gasteiger partial charge in [0.05, 0.1) is 7.11 Å². The number of halogens is 1. The van der Waals surface area contributed by atoms with E-state index in [0.29, 0.717) is 6.04 Å². The molecule has 0 spiro atoms. The van der Waals surface area contributed by atoms with Crippen LogP contribution < -0.4 is 4.74 Å². The highest BCUT2D eigenvalue weighted by molar-refractivity contribution is 9.10. The lowest BCUT2D eigenvalue weighted by atomic mass is 10.0. The first-order valence-corrected chi connectivity index (χ1v) is 8.03. The van der Waals surface area contributed by atoms with Gasteiger partial charge in [-0.2, -0.15) is 0 Å². The van der Waals surface area contributed by atoms with E-state index in [4.69, 9.17) is 4.74 Å². The van der Waals surface area contributed by atoms with E-state index in [1.165, 1.54) is 26.7 Å². The summed E-state index contributed by atoms with van der Waals surface area (Å²) in [6, 6.07) is 13.3. The predicted molar refractivity (Wildman–Crippen MR) is 89.5 cm³/mol. The Morgan fingerprint density at radius 1 is 1.24 bits per heavy atom. The molecule has 110 valence electrons. The Balaban J connectivity index is 1.81. The van der Waals surface area contributed by atoms with Crippen LogP contribution >= 0.6 is 15.9 Å². The van der Waals surface area contributed by atoms with Gasteiger partial charge in [-0.05, 0) is 60.4 Å². The highest BCUT2D eigenvalue weighted by atomic mass is 79.9. The van der Waals surface area contributed by atoms with Crippen LogP contribution in [0, 0.1) is 6.92 Å². The topological polar surface area (TPSA) is 12.5 Å². The molecule has 0 bridgehead atoms. The normalized spacial score (nSPS) is 17.8. The van der Waals surface area contributed by atoms with Crippen molar-refractivity contribution in [2.75, 3.05) is 7.11 Å². The molecule has 0 radical (unpaired) electrons. The summed E-state index contributed by atoms with van der Waals surface area (Å²) in [5.74, 6) is 0.913. The maximum absolute atomic E-state index is 5.22. The summed E-state index contributed by atoms with van der Waals surface area (Å²) in [7, 11) is 1.70. The maximum Gasteiger partial charge on any atom is 0.118 e. The van der Waals surface area contributed by atoms with Crippen LogP contribution in [0.4, 0.5) is 0 Å². The molecule has 2 nitrogen and oxygen atoms in total. The summed E-state index contributed by atoms with van der Waals surface area (Å²) in [5, 5.41) is 0. The predicted octanol–water partition coefficient (Wildman–Crippen LogP) is 4.84. The number of rotatable bonds is 3. The van der Waals surface area contributed by atoms with Gasteiger partial charge < -0.3 is 4.74 Å². The fraction of sp³-hybridized carbons (Fsp3) is 0.333. The van der Waals surface area contributed by atoms with E-state index in [1.54, 1.807) is 7.11 Å². The molecule has 1 unspecified atom stereocenters. The molecule has 0 saturated heterocycles. The third-order valence-corrected chi connectivity index (χ3v) is 4.78. The van der Waals surface area contributed by atoms with Gasteiger partial charge in [0.25, 0.3) is 0 Å². The van der Waals surface area contributed by atoms with E-state index in [0.717, 1.165) is 18.8 Å². The molecule has 0 amide bonds. The molecule has 0 saturated carbocycles. The zero-order valence-electron chi connectivity index (χ0n) is 12.7. The van der Waals surface area contributed by atoms with Crippen LogP contribution in [0.1, 0.15) is 35.2 Å². The summed E-state index contributed by atoms with van der Waals surface area (Å²) in [5.41, 5.74) is 5.64. The molecule has 1 aliphatic heterocycles. The molecule has 2 aromatic rings. The van der Waals surface area contributed by atoms with E-state index in [9.17, 15) is 0 Å². The number of aryl methyl sites for hydroxylation is 1. The number of hydrogen-bond acceptors (Lipinski definition) is 2. The third kappa shape index (κ3) is 2.85. The number of methoxy groups -OCH3 is 1. The minimum atomic E-state index is 0.468. The summed E-state index contributed by atoms with van der Waals surface area (Å²) in [6.07, 6.45) is 0. The molecular weight excluding hydrogens is 326 g/mol. The van der Waals surface area contributed by atoms with Gasteiger partial charge in [0.2, 0.25) is 0 Å². The standard InChI is InChI=1S/C18H20BrNO/c1-12-8-16(19)9-15-11-20(13(2)18(12)15)10-14-4-6-17(21-3)7-5-14/h4-9,13H,10-11H2,1-3H3. The van der Waals surface area contributed by atoms with Crippen LogP contribution in [0.15, 0.2) is 40.9 Å². The highest BCUT2D eigenvalue weighted by Crippen LogP contribution is 2.38. The van der Waals surface area contributed by atoms with Crippen LogP contribution in [0.3, 0.4) is 0 Å². The second kappa shape index (κ2) is 5.82. The zero-order valence-corrected chi connectivity index (χ0v) is 14.3. The molecule has 1 atom stereocenters. The average Bonchev–Trinajstić information content (AvgIpc) is 2.76. The van der Waals surface area contributed by atoms with Crippen molar-refractivity contribution in [2.45, 2.75) is 33.0 Å². The Morgan fingerprint density at radius 2 is 1.95 bits per heavy atom. The summed E-state index contributed by atoms with van der Waals surface area (Å²) >= 11 is 3.61. The SMILES string of the molecule is COc1ccc(CN2Cc3cc(Br)cc(C)c3C2C)cc1. The fourth-order valence-corrected chi connectivity index (χ4v) is 3.87. The first kappa shape index (κ1) is 14.6. The Hall–Kier alpha value is -1.32. The van der Waals surface area contributed by atoms with E-state index in [2.05, 4.69) is 58.9 Å².